The van der Waals surface area contributed by atoms with Crippen molar-refractivity contribution in [2.24, 2.45) is 0 Å². The van der Waals surface area contributed by atoms with Crippen molar-refractivity contribution in [1.29, 1.82) is 0 Å². The summed E-state index contributed by atoms with van der Waals surface area (Å²) < 4.78 is 12.7. The van der Waals surface area contributed by atoms with Gasteiger partial charge < -0.3 is 9.47 Å². The lowest BCUT2D eigenvalue weighted by molar-refractivity contribution is -0.121. The van der Waals surface area contributed by atoms with Crippen LogP contribution in [0.2, 0.25) is 0 Å². The molecule has 0 spiro atoms. The third kappa shape index (κ3) is 3.67. The number of nitrogens with one attached hydrogen (secondary N) is 1. The number of carbonyl (C=O) groups excluding carboxylic acids is 1. The summed E-state index contributed by atoms with van der Waals surface area (Å²) in [5.41, 5.74) is 1.77. The van der Waals surface area contributed by atoms with E-state index in [0.29, 0.717) is 11.7 Å². The topological polar surface area (TPSA) is 73.3 Å². The maximum Gasteiger partial charge on any atom is 0.252 e. The van der Waals surface area contributed by atoms with Crippen LogP contribution in [0.15, 0.2) is 42.5 Å². The van der Waals surface area contributed by atoms with E-state index in [2.05, 4.69) is 15.3 Å². The van der Waals surface area contributed by atoms with Gasteiger partial charge in [-0.2, -0.15) is 0 Å². The molecule has 0 bridgehead atoms. The normalized spacial score (nSPS) is 11.1. The molecule has 0 saturated heterocycles. The van der Waals surface area contributed by atoms with E-state index in [1.54, 1.807) is 18.4 Å². The molecule has 26 heavy (non-hydrogen) atoms. The Balaban J connectivity index is 1.33. The Labute approximate surface area is 157 Å². The van der Waals surface area contributed by atoms with E-state index >= 15 is 0 Å². The van der Waals surface area contributed by atoms with Crippen LogP contribution in [0.5, 0.6) is 5.75 Å². The molecule has 0 radical (unpaired) electrons. The van der Waals surface area contributed by atoms with Crippen LogP contribution in [0.4, 0.5) is 5.13 Å². The van der Waals surface area contributed by atoms with E-state index in [9.17, 15) is 4.79 Å². The van der Waals surface area contributed by atoms with Gasteiger partial charge in [-0.05, 0) is 30.3 Å². The molecule has 0 unspecified atom stereocenters. The van der Waals surface area contributed by atoms with Crippen molar-refractivity contribution in [2.45, 2.75) is 6.61 Å². The number of fused-ring (bicyclic) bond motifs is 2. The van der Waals surface area contributed by atoms with Gasteiger partial charge >= 0.3 is 0 Å². The van der Waals surface area contributed by atoms with Crippen LogP contribution in [-0.4, -0.2) is 29.6 Å². The zero-order chi connectivity index (χ0) is 17.9. The van der Waals surface area contributed by atoms with Gasteiger partial charge in [-0.25, -0.2) is 9.97 Å². The van der Waals surface area contributed by atoms with Crippen LogP contribution in [-0.2, 0) is 16.1 Å². The van der Waals surface area contributed by atoms with Gasteiger partial charge in [0.15, 0.2) is 5.13 Å². The maximum absolute atomic E-state index is 12.1. The molecule has 4 rings (SSSR count). The standard InChI is InChI=1S/C18H15N3O3S2/c1-23-11-6-7-13-15(8-11)26-18(20-13)21-16(22)9-24-10-17-19-12-4-2-3-5-14(12)25-17/h2-8H,9-10H2,1H3,(H,20,21,22). The summed E-state index contributed by atoms with van der Waals surface area (Å²) in [6.45, 7) is 0.263. The third-order valence-corrected chi connectivity index (χ3v) is 5.58. The second-order valence-electron chi connectivity index (χ2n) is 5.47. The van der Waals surface area contributed by atoms with Gasteiger partial charge in [-0.15, -0.1) is 11.3 Å². The number of thiazole rings is 2. The van der Waals surface area contributed by atoms with Gasteiger partial charge in [0.25, 0.3) is 5.91 Å². The van der Waals surface area contributed by atoms with Crippen LogP contribution in [0.1, 0.15) is 5.01 Å². The maximum atomic E-state index is 12.1. The van der Waals surface area contributed by atoms with E-state index < -0.39 is 0 Å². The SMILES string of the molecule is COc1ccc2nc(NC(=O)COCc3nc4ccccc4s3)sc2c1. The molecule has 2 aromatic heterocycles. The highest BCUT2D eigenvalue weighted by Gasteiger charge is 2.10. The summed E-state index contributed by atoms with van der Waals surface area (Å²) in [7, 11) is 1.62. The number of para-hydroxylation sites is 1. The van der Waals surface area contributed by atoms with Crippen LogP contribution >= 0.6 is 22.7 Å². The molecule has 8 heteroatoms. The molecule has 0 aliphatic heterocycles. The van der Waals surface area contributed by atoms with Gasteiger partial charge in [-0.1, -0.05) is 23.5 Å². The molecule has 2 aromatic carbocycles. The van der Waals surface area contributed by atoms with E-state index in [-0.39, 0.29) is 12.5 Å². The minimum atomic E-state index is -0.239. The second kappa shape index (κ2) is 7.36. The van der Waals surface area contributed by atoms with Crippen molar-refractivity contribution >= 4 is 54.1 Å². The van der Waals surface area contributed by atoms with E-state index in [0.717, 1.165) is 31.2 Å². The first-order valence-corrected chi connectivity index (χ1v) is 9.51. The highest BCUT2D eigenvalue weighted by molar-refractivity contribution is 7.22. The molecule has 1 amide bonds. The van der Waals surface area contributed by atoms with Crippen LogP contribution in [0, 0.1) is 0 Å². The van der Waals surface area contributed by atoms with Gasteiger partial charge in [0, 0.05) is 0 Å². The monoisotopic (exact) mass is 385 g/mol. The van der Waals surface area contributed by atoms with E-state index in [4.69, 9.17) is 9.47 Å². The van der Waals surface area contributed by atoms with E-state index in [1.807, 2.05) is 42.5 Å². The fourth-order valence-electron chi connectivity index (χ4n) is 2.45. The number of hydrogen-bond donors (Lipinski definition) is 1. The number of carbonyl (C=O) groups is 1. The van der Waals surface area contributed by atoms with Crippen LogP contribution < -0.4 is 10.1 Å². The number of aromatic nitrogens is 2. The Morgan fingerprint density at radius 3 is 2.77 bits per heavy atom. The predicted octanol–water partition coefficient (Wildman–Crippen LogP) is 4.07. The first-order chi connectivity index (χ1) is 12.7. The smallest absolute Gasteiger partial charge is 0.252 e. The van der Waals surface area contributed by atoms with Crippen molar-refractivity contribution in [3.63, 3.8) is 0 Å². The fourth-order valence-corrected chi connectivity index (χ4v) is 4.27. The number of benzene rings is 2. The molecule has 4 aromatic rings. The average Bonchev–Trinajstić information content (AvgIpc) is 3.23. The Bertz CT molecular complexity index is 1040. The number of nitrogens with zero attached hydrogens (tertiary/aromatic N) is 2. The van der Waals surface area contributed by atoms with Gasteiger partial charge in [-0.3, -0.25) is 10.1 Å². The molecule has 1 N–H and O–H groups in total. The van der Waals surface area contributed by atoms with Gasteiger partial charge in [0.1, 0.15) is 17.4 Å². The fraction of sp³-hybridized carbons (Fsp3) is 0.167. The van der Waals surface area contributed by atoms with Gasteiger partial charge in [0.2, 0.25) is 0 Å². The largest absolute Gasteiger partial charge is 0.497 e. The lowest BCUT2D eigenvalue weighted by atomic mass is 10.3. The number of rotatable bonds is 6. The highest BCUT2D eigenvalue weighted by Crippen LogP contribution is 2.29. The molecule has 6 nitrogen and oxygen atoms in total. The molecule has 0 saturated carbocycles. The molecule has 2 heterocycles. The molecule has 0 fully saturated rings. The summed E-state index contributed by atoms with van der Waals surface area (Å²) in [5, 5.41) is 4.16. The first-order valence-electron chi connectivity index (χ1n) is 7.88. The zero-order valence-electron chi connectivity index (χ0n) is 13.9. The zero-order valence-corrected chi connectivity index (χ0v) is 15.5. The average molecular weight is 385 g/mol. The van der Waals surface area contributed by atoms with Gasteiger partial charge in [0.05, 0.1) is 34.1 Å². The second-order valence-corrected chi connectivity index (χ2v) is 7.61. The number of amides is 1. The Morgan fingerprint density at radius 2 is 1.92 bits per heavy atom. The van der Waals surface area contributed by atoms with Crippen molar-refractivity contribution in [3.05, 3.63) is 47.5 Å². The predicted molar refractivity (Wildman–Crippen MR) is 104 cm³/mol. The molecule has 0 aliphatic rings. The molecule has 132 valence electrons. The Morgan fingerprint density at radius 1 is 1.08 bits per heavy atom. The van der Waals surface area contributed by atoms with Crippen molar-refractivity contribution < 1.29 is 14.3 Å². The molecular weight excluding hydrogens is 370 g/mol. The number of anilines is 1. The number of ether oxygens (including phenoxy) is 2. The van der Waals surface area contributed by atoms with Crippen LogP contribution in [0.25, 0.3) is 20.4 Å². The summed E-state index contributed by atoms with van der Waals surface area (Å²) in [6, 6.07) is 13.5. The number of hydrogen-bond acceptors (Lipinski definition) is 7. The lowest BCUT2D eigenvalue weighted by Gasteiger charge is -2.01. The lowest BCUT2D eigenvalue weighted by Crippen LogP contribution is -2.18. The number of methoxy groups -OCH3 is 1. The van der Waals surface area contributed by atoms with Crippen LogP contribution in [0.3, 0.4) is 0 Å². The minimum Gasteiger partial charge on any atom is -0.497 e. The summed E-state index contributed by atoms with van der Waals surface area (Å²) >= 11 is 2.97. The van der Waals surface area contributed by atoms with E-state index in [1.165, 1.54) is 11.3 Å². The first kappa shape index (κ1) is 16.9. The molecule has 0 aliphatic carbocycles. The van der Waals surface area contributed by atoms with Crippen molar-refractivity contribution in [3.8, 4) is 5.75 Å². The van der Waals surface area contributed by atoms with Crippen molar-refractivity contribution in [2.75, 3.05) is 19.0 Å². The highest BCUT2D eigenvalue weighted by atomic mass is 32.1. The third-order valence-electron chi connectivity index (χ3n) is 3.64. The molecular formula is C18H15N3O3S2. The minimum absolute atomic E-state index is 0.0465. The summed E-state index contributed by atoms with van der Waals surface area (Å²) in [6.07, 6.45) is 0. The summed E-state index contributed by atoms with van der Waals surface area (Å²) in [5.74, 6) is 0.523. The molecule has 0 atom stereocenters. The summed E-state index contributed by atoms with van der Waals surface area (Å²) in [4.78, 5) is 20.9. The Hall–Kier alpha value is -2.55. The van der Waals surface area contributed by atoms with Crippen molar-refractivity contribution in [1.82, 2.24) is 9.97 Å². The quantitative estimate of drug-likeness (QED) is 0.542. The Kier molecular flexibility index (Phi) is 4.79.